The summed E-state index contributed by atoms with van der Waals surface area (Å²) in [5.41, 5.74) is 2.80. The predicted octanol–water partition coefficient (Wildman–Crippen LogP) is 1.87. The number of carbonyl (C=O) groups excluding carboxylic acids is 2. The van der Waals surface area contributed by atoms with Gasteiger partial charge in [-0.05, 0) is 26.0 Å². The first-order chi connectivity index (χ1) is 11.0. The van der Waals surface area contributed by atoms with Crippen LogP contribution in [0.1, 0.15) is 11.4 Å². The summed E-state index contributed by atoms with van der Waals surface area (Å²) in [5, 5.41) is 6.92. The maximum Gasteiger partial charge on any atom is 0.316 e. The smallest absolute Gasteiger partial charge is 0.316 e. The van der Waals surface area contributed by atoms with Gasteiger partial charge < -0.3 is 10.1 Å². The monoisotopic (exact) mass is 333 g/mol. The lowest BCUT2D eigenvalue weighted by Crippen LogP contribution is -2.25. The standard InChI is InChI=1S/C16H19N3O3S/c1-11-16(23-10-15(21)22-9-14(20)17-3)12(2)19(18-11)13-7-5-4-6-8-13/h4-8H,9-10H2,1-3H3,(H,17,20). The molecule has 0 fully saturated rings. The van der Waals surface area contributed by atoms with Crippen molar-refractivity contribution < 1.29 is 14.3 Å². The van der Waals surface area contributed by atoms with Crippen LogP contribution in [0.2, 0.25) is 0 Å². The Kier molecular flexibility index (Phi) is 5.81. The molecule has 2 rings (SSSR count). The molecule has 2 aromatic rings. The lowest BCUT2D eigenvalue weighted by atomic mass is 10.3. The summed E-state index contributed by atoms with van der Waals surface area (Å²) in [6.45, 7) is 3.62. The van der Waals surface area contributed by atoms with E-state index in [1.807, 2.05) is 48.9 Å². The second kappa shape index (κ2) is 7.82. The van der Waals surface area contributed by atoms with Gasteiger partial charge in [0.15, 0.2) is 6.61 Å². The number of aryl methyl sites for hydroxylation is 1. The van der Waals surface area contributed by atoms with Gasteiger partial charge in [0.1, 0.15) is 0 Å². The zero-order chi connectivity index (χ0) is 16.8. The maximum atomic E-state index is 11.7. The van der Waals surface area contributed by atoms with E-state index < -0.39 is 5.97 Å². The first-order valence-electron chi connectivity index (χ1n) is 7.13. The molecule has 7 heteroatoms. The van der Waals surface area contributed by atoms with Gasteiger partial charge in [-0.15, -0.1) is 11.8 Å². The van der Waals surface area contributed by atoms with E-state index in [9.17, 15) is 9.59 Å². The molecule has 0 saturated heterocycles. The van der Waals surface area contributed by atoms with Gasteiger partial charge in [0.25, 0.3) is 5.91 Å². The van der Waals surface area contributed by atoms with Gasteiger partial charge in [0, 0.05) is 7.05 Å². The molecule has 0 atom stereocenters. The average molecular weight is 333 g/mol. The van der Waals surface area contributed by atoms with Crippen LogP contribution in [-0.4, -0.2) is 41.1 Å². The van der Waals surface area contributed by atoms with E-state index in [1.54, 1.807) is 0 Å². The molecule has 0 aliphatic heterocycles. The second-order valence-electron chi connectivity index (χ2n) is 4.87. The van der Waals surface area contributed by atoms with Gasteiger partial charge in [0.2, 0.25) is 0 Å². The average Bonchev–Trinajstić information content (AvgIpc) is 2.85. The van der Waals surface area contributed by atoms with E-state index in [1.165, 1.54) is 18.8 Å². The molecule has 1 N–H and O–H groups in total. The van der Waals surface area contributed by atoms with E-state index in [0.29, 0.717) is 0 Å². The van der Waals surface area contributed by atoms with E-state index in [-0.39, 0.29) is 18.3 Å². The van der Waals surface area contributed by atoms with Gasteiger partial charge in [-0.3, -0.25) is 9.59 Å². The van der Waals surface area contributed by atoms with Crippen molar-refractivity contribution in [3.05, 3.63) is 41.7 Å². The molecule has 122 valence electrons. The third-order valence-electron chi connectivity index (χ3n) is 3.20. The number of para-hydroxylation sites is 1. The van der Waals surface area contributed by atoms with Gasteiger partial charge in [-0.2, -0.15) is 5.10 Å². The van der Waals surface area contributed by atoms with Crippen LogP contribution in [0.15, 0.2) is 35.2 Å². The molecule has 0 radical (unpaired) electrons. The Hall–Kier alpha value is -2.28. The molecule has 23 heavy (non-hydrogen) atoms. The van der Waals surface area contributed by atoms with Gasteiger partial charge in [-0.1, -0.05) is 18.2 Å². The Morgan fingerprint density at radius 1 is 1.26 bits per heavy atom. The highest BCUT2D eigenvalue weighted by Crippen LogP contribution is 2.27. The van der Waals surface area contributed by atoms with Crippen LogP contribution in [-0.2, 0) is 14.3 Å². The van der Waals surface area contributed by atoms with Gasteiger partial charge in [0.05, 0.1) is 27.7 Å². The summed E-state index contributed by atoms with van der Waals surface area (Å²) in [5.74, 6) is -0.614. The second-order valence-corrected chi connectivity index (χ2v) is 5.86. The van der Waals surface area contributed by atoms with E-state index in [2.05, 4.69) is 10.4 Å². The van der Waals surface area contributed by atoms with E-state index >= 15 is 0 Å². The molecule has 0 aliphatic carbocycles. The molecule has 1 amide bonds. The first-order valence-corrected chi connectivity index (χ1v) is 8.12. The molecule has 0 unspecified atom stereocenters. The van der Waals surface area contributed by atoms with Crippen molar-refractivity contribution in [2.45, 2.75) is 18.7 Å². The Morgan fingerprint density at radius 3 is 2.61 bits per heavy atom. The largest absolute Gasteiger partial charge is 0.455 e. The quantitative estimate of drug-likeness (QED) is 0.645. The lowest BCUT2D eigenvalue weighted by molar-refractivity contribution is -0.145. The number of aromatic nitrogens is 2. The van der Waals surface area contributed by atoms with E-state index in [4.69, 9.17) is 4.74 Å². The predicted molar refractivity (Wildman–Crippen MR) is 88.8 cm³/mol. The highest BCUT2D eigenvalue weighted by atomic mass is 32.2. The summed E-state index contributed by atoms with van der Waals surface area (Å²) in [6.07, 6.45) is 0. The van der Waals surface area contributed by atoms with Crippen LogP contribution in [0.5, 0.6) is 0 Å². The number of benzene rings is 1. The van der Waals surface area contributed by atoms with Crippen LogP contribution in [0.3, 0.4) is 0 Å². The normalized spacial score (nSPS) is 10.4. The Labute approximate surface area is 139 Å². The van der Waals surface area contributed by atoms with Crippen LogP contribution >= 0.6 is 11.8 Å². The fourth-order valence-corrected chi connectivity index (χ4v) is 2.94. The summed E-state index contributed by atoms with van der Waals surface area (Å²) in [4.78, 5) is 23.7. The number of hydrogen-bond donors (Lipinski definition) is 1. The van der Waals surface area contributed by atoms with E-state index in [0.717, 1.165) is 22.0 Å². The summed E-state index contributed by atoms with van der Waals surface area (Å²) in [7, 11) is 1.50. The van der Waals surface area contributed by atoms with Gasteiger partial charge >= 0.3 is 5.97 Å². The molecule has 6 nitrogen and oxygen atoms in total. The number of thioether (sulfide) groups is 1. The number of nitrogens with zero attached hydrogens (tertiary/aromatic N) is 2. The lowest BCUT2D eigenvalue weighted by Gasteiger charge is -2.06. The van der Waals surface area contributed by atoms with Crippen LogP contribution in [0.4, 0.5) is 0 Å². The van der Waals surface area contributed by atoms with Crippen LogP contribution < -0.4 is 5.32 Å². The minimum absolute atomic E-state index is 0.138. The molecule has 0 aliphatic rings. The zero-order valence-corrected chi connectivity index (χ0v) is 14.1. The SMILES string of the molecule is CNC(=O)COC(=O)CSc1c(C)nn(-c2ccccc2)c1C. The minimum Gasteiger partial charge on any atom is -0.455 e. The van der Waals surface area contributed by atoms with Crippen molar-refractivity contribution >= 4 is 23.6 Å². The number of carbonyl (C=O) groups is 2. The molecule has 1 aromatic heterocycles. The maximum absolute atomic E-state index is 11.7. The van der Waals surface area contributed by atoms with Crippen molar-refractivity contribution in [3.63, 3.8) is 0 Å². The molecular formula is C16H19N3O3S. The number of esters is 1. The highest BCUT2D eigenvalue weighted by molar-refractivity contribution is 8.00. The van der Waals surface area contributed by atoms with Gasteiger partial charge in [-0.25, -0.2) is 4.68 Å². The Morgan fingerprint density at radius 2 is 1.96 bits per heavy atom. The number of hydrogen-bond acceptors (Lipinski definition) is 5. The molecule has 0 bridgehead atoms. The molecule has 0 spiro atoms. The zero-order valence-electron chi connectivity index (χ0n) is 13.3. The summed E-state index contributed by atoms with van der Waals surface area (Å²) >= 11 is 1.37. The minimum atomic E-state index is -0.426. The molecular weight excluding hydrogens is 314 g/mol. The van der Waals surface area contributed by atoms with Crippen LogP contribution in [0.25, 0.3) is 5.69 Å². The van der Waals surface area contributed by atoms with Crippen molar-refractivity contribution in [3.8, 4) is 5.69 Å². The Bertz CT molecular complexity index is 698. The third-order valence-corrected chi connectivity index (χ3v) is 4.46. The molecule has 0 saturated carbocycles. The Balaban J connectivity index is 2.03. The fourth-order valence-electron chi connectivity index (χ4n) is 2.05. The van der Waals surface area contributed by atoms with Crippen LogP contribution in [0, 0.1) is 13.8 Å². The van der Waals surface area contributed by atoms with Crippen molar-refractivity contribution in [1.82, 2.24) is 15.1 Å². The summed E-state index contributed by atoms with van der Waals surface area (Å²) in [6, 6.07) is 9.81. The molecule has 1 aromatic carbocycles. The number of nitrogens with one attached hydrogen (secondary N) is 1. The highest BCUT2D eigenvalue weighted by Gasteiger charge is 2.15. The van der Waals surface area contributed by atoms with Crippen molar-refractivity contribution in [2.75, 3.05) is 19.4 Å². The number of ether oxygens (including phenoxy) is 1. The third kappa shape index (κ3) is 4.35. The number of rotatable bonds is 6. The number of amides is 1. The summed E-state index contributed by atoms with van der Waals surface area (Å²) < 4.78 is 6.74. The van der Waals surface area contributed by atoms with Crippen molar-refractivity contribution in [2.24, 2.45) is 0 Å². The first kappa shape index (κ1) is 17.1. The van der Waals surface area contributed by atoms with Crippen molar-refractivity contribution in [1.29, 1.82) is 0 Å². The topological polar surface area (TPSA) is 73.2 Å². The molecule has 1 heterocycles. The number of likely N-dealkylation sites (N-methyl/N-ethyl adjacent to an activating group) is 1. The fraction of sp³-hybridized carbons (Fsp3) is 0.312.